The van der Waals surface area contributed by atoms with Crippen LogP contribution in [0.4, 0.5) is 5.82 Å². The summed E-state index contributed by atoms with van der Waals surface area (Å²) in [7, 11) is 0. The van der Waals surface area contributed by atoms with Crippen molar-refractivity contribution in [3.63, 3.8) is 0 Å². The molecule has 1 aliphatic heterocycles. The number of rotatable bonds is 4. The third kappa shape index (κ3) is 3.09. The molecule has 164 valence electrons. The van der Waals surface area contributed by atoms with Gasteiger partial charge >= 0.3 is 0 Å². The molecule has 1 saturated carbocycles. The summed E-state index contributed by atoms with van der Waals surface area (Å²) in [6.07, 6.45) is 9.36. The largest absolute Gasteiger partial charge is 0.367 e. The number of imidazole rings is 1. The summed E-state index contributed by atoms with van der Waals surface area (Å²) in [5.74, 6) is 0.909. The highest BCUT2D eigenvalue weighted by atomic mass is 15.3. The maximum atomic E-state index is 4.90. The van der Waals surface area contributed by atoms with Gasteiger partial charge in [0.05, 0.1) is 29.3 Å². The van der Waals surface area contributed by atoms with Crippen LogP contribution in [0.25, 0.3) is 33.8 Å². The lowest BCUT2D eigenvalue weighted by Crippen LogP contribution is -2.46. The zero-order chi connectivity index (χ0) is 21.8. The predicted octanol–water partition coefficient (Wildman–Crippen LogP) is 3.66. The van der Waals surface area contributed by atoms with Crippen molar-refractivity contribution >= 4 is 17.0 Å². The molecule has 0 aromatic carbocycles. The molecule has 33 heavy (non-hydrogen) atoms. The monoisotopic (exact) mass is 436 g/mol. The summed E-state index contributed by atoms with van der Waals surface area (Å²) in [5, 5.41) is 16.5. The van der Waals surface area contributed by atoms with Crippen molar-refractivity contribution in [2.75, 3.05) is 18.4 Å². The molecule has 2 N–H and O–H groups in total. The molecular formula is C25H24N8. The number of nitrogens with one attached hydrogen (secondary N) is 2. The first-order valence-corrected chi connectivity index (χ1v) is 11.5. The Kier molecular flexibility index (Phi) is 4.04. The van der Waals surface area contributed by atoms with Gasteiger partial charge in [-0.2, -0.15) is 10.2 Å². The lowest BCUT2D eigenvalue weighted by Gasteiger charge is -2.45. The minimum absolute atomic E-state index is 0.496. The van der Waals surface area contributed by atoms with Crippen LogP contribution in [-0.2, 0) is 0 Å². The highest BCUT2D eigenvalue weighted by Gasteiger charge is 2.45. The second kappa shape index (κ2) is 7.11. The maximum Gasteiger partial charge on any atom is 0.154 e. The normalized spacial score (nSPS) is 22.2. The van der Waals surface area contributed by atoms with Gasteiger partial charge < -0.3 is 10.6 Å². The van der Waals surface area contributed by atoms with E-state index in [4.69, 9.17) is 10.1 Å². The lowest BCUT2D eigenvalue weighted by atomic mass is 9.65. The number of anilines is 1. The second-order valence-corrected chi connectivity index (χ2v) is 9.31. The van der Waals surface area contributed by atoms with Gasteiger partial charge in [-0.25, -0.2) is 19.0 Å². The van der Waals surface area contributed by atoms with Gasteiger partial charge in [0.25, 0.3) is 0 Å². The van der Waals surface area contributed by atoms with Crippen LogP contribution in [0.2, 0.25) is 0 Å². The van der Waals surface area contributed by atoms with E-state index in [9.17, 15) is 0 Å². The van der Waals surface area contributed by atoms with Crippen LogP contribution in [-0.4, -0.2) is 48.3 Å². The lowest BCUT2D eigenvalue weighted by molar-refractivity contribution is 0.141. The van der Waals surface area contributed by atoms with E-state index in [0.29, 0.717) is 11.5 Å². The Labute approximate surface area is 190 Å². The molecule has 5 aromatic rings. The molecule has 0 radical (unpaired) electrons. The van der Waals surface area contributed by atoms with Crippen molar-refractivity contribution in [3.8, 4) is 22.6 Å². The molecule has 1 spiro atoms. The van der Waals surface area contributed by atoms with Crippen molar-refractivity contribution in [1.82, 2.24) is 34.5 Å². The highest BCUT2D eigenvalue weighted by molar-refractivity contribution is 5.78. The number of hydrogen-bond acceptors (Lipinski definition) is 6. The molecule has 2 aliphatic rings. The third-order valence-electron chi connectivity index (χ3n) is 7.12. The van der Waals surface area contributed by atoms with E-state index >= 15 is 0 Å². The van der Waals surface area contributed by atoms with Crippen molar-refractivity contribution in [1.29, 1.82) is 0 Å². The van der Waals surface area contributed by atoms with Crippen LogP contribution in [0.5, 0.6) is 0 Å². The predicted molar refractivity (Wildman–Crippen MR) is 127 cm³/mol. The first kappa shape index (κ1) is 18.8. The first-order chi connectivity index (χ1) is 16.3. The summed E-state index contributed by atoms with van der Waals surface area (Å²) in [6, 6.07) is 16.6. The van der Waals surface area contributed by atoms with Crippen LogP contribution in [0.3, 0.4) is 0 Å². The Morgan fingerprint density at radius 2 is 1.97 bits per heavy atom. The molecule has 5 aromatic heterocycles. The van der Waals surface area contributed by atoms with Gasteiger partial charge in [0.2, 0.25) is 0 Å². The van der Waals surface area contributed by atoms with Crippen LogP contribution >= 0.6 is 0 Å². The fourth-order valence-corrected chi connectivity index (χ4v) is 5.42. The Hall–Kier alpha value is -3.78. The topological polar surface area (TPSA) is 84.4 Å². The highest BCUT2D eigenvalue weighted by Crippen LogP contribution is 2.46. The van der Waals surface area contributed by atoms with Crippen molar-refractivity contribution < 1.29 is 0 Å². The maximum absolute atomic E-state index is 4.90. The molecule has 1 aliphatic carbocycles. The number of pyridine rings is 2. The summed E-state index contributed by atoms with van der Waals surface area (Å²) in [4.78, 5) is 9.46. The van der Waals surface area contributed by atoms with E-state index in [-0.39, 0.29) is 0 Å². The first-order valence-electron chi connectivity index (χ1n) is 11.5. The molecule has 0 bridgehead atoms. The number of fused-ring (bicyclic) bond motifs is 2. The minimum Gasteiger partial charge on any atom is -0.367 e. The van der Waals surface area contributed by atoms with Gasteiger partial charge in [0, 0.05) is 24.3 Å². The van der Waals surface area contributed by atoms with Crippen LogP contribution in [0, 0.1) is 5.41 Å². The molecule has 2 fully saturated rings. The Morgan fingerprint density at radius 3 is 2.88 bits per heavy atom. The van der Waals surface area contributed by atoms with Gasteiger partial charge in [0.15, 0.2) is 5.65 Å². The van der Waals surface area contributed by atoms with Crippen molar-refractivity contribution in [3.05, 3.63) is 67.1 Å². The van der Waals surface area contributed by atoms with Gasteiger partial charge in [-0.3, -0.25) is 0 Å². The van der Waals surface area contributed by atoms with Gasteiger partial charge in [-0.1, -0.05) is 12.1 Å². The van der Waals surface area contributed by atoms with Crippen LogP contribution < -0.4 is 10.6 Å². The zero-order valence-electron chi connectivity index (χ0n) is 18.1. The number of nitrogens with zero attached hydrogens (tertiary/aromatic N) is 6. The van der Waals surface area contributed by atoms with E-state index < -0.39 is 0 Å². The fourth-order valence-electron chi connectivity index (χ4n) is 5.42. The Morgan fingerprint density at radius 1 is 1.00 bits per heavy atom. The molecule has 0 atom stereocenters. The van der Waals surface area contributed by atoms with E-state index in [2.05, 4.69) is 20.7 Å². The standard InChI is InChI=1S/C25H24N8/c1-2-11-32-21(5-1)18(14-28-32)19-7-8-24-27-15-22(33(24)31-19)20-4-3-6-23(30-20)29-17-12-25(13-17)9-10-26-16-25/h1-8,11,14-15,17,26H,9-10,12-13,16H2,(H,29,30). The second-order valence-electron chi connectivity index (χ2n) is 9.31. The SMILES string of the molecule is c1cc(NC2CC3(CCNC3)C2)nc(-c2cnc3ccc(-c4cnn5ccccc45)nn23)c1. The molecular weight excluding hydrogens is 412 g/mol. The summed E-state index contributed by atoms with van der Waals surface area (Å²) < 4.78 is 3.73. The average Bonchev–Trinajstić information content (AvgIpc) is 3.56. The molecule has 6 heterocycles. The third-order valence-corrected chi connectivity index (χ3v) is 7.12. The van der Waals surface area contributed by atoms with Crippen molar-refractivity contribution in [2.24, 2.45) is 5.41 Å². The summed E-state index contributed by atoms with van der Waals surface area (Å²) in [5.41, 5.74) is 5.88. The molecule has 8 nitrogen and oxygen atoms in total. The summed E-state index contributed by atoms with van der Waals surface area (Å²) in [6.45, 7) is 2.31. The molecule has 7 rings (SSSR count). The minimum atomic E-state index is 0.496. The smallest absolute Gasteiger partial charge is 0.154 e. The fraction of sp³-hybridized carbons (Fsp3) is 0.280. The van der Waals surface area contributed by atoms with E-state index in [1.165, 1.54) is 19.3 Å². The molecule has 0 amide bonds. The van der Waals surface area contributed by atoms with Gasteiger partial charge in [-0.15, -0.1) is 0 Å². The van der Waals surface area contributed by atoms with Crippen molar-refractivity contribution in [2.45, 2.75) is 25.3 Å². The van der Waals surface area contributed by atoms with Gasteiger partial charge in [0.1, 0.15) is 11.5 Å². The van der Waals surface area contributed by atoms with Crippen LogP contribution in [0.15, 0.2) is 67.1 Å². The van der Waals surface area contributed by atoms with Crippen LogP contribution in [0.1, 0.15) is 19.3 Å². The molecule has 1 saturated heterocycles. The summed E-state index contributed by atoms with van der Waals surface area (Å²) >= 11 is 0. The van der Waals surface area contributed by atoms with E-state index in [1.54, 1.807) is 0 Å². The average molecular weight is 437 g/mol. The Balaban J connectivity index is 1.21. The number of hydrogen-bond donors (Lipinski definition) is 2. The quantitative estimate of drug-likeness (QED) is 0.447. The number of aromatic nitrogens is 6. The molecule has 0 unspecified atom stereocenters. The van der Waals surface area contributed by atoms with Gasteiger partial charge in [-0.05, 0) is 67.6 Å². The zero-order valence-corrected chi connectivity index (χ0v) is 18.1. The Bertz CT molecular complexity index is 1470. The molecule has 8 heteroatoms. The van der Waals surface area contributed by atoms with E-state index in [0.717, 1.165) is 52.7 Å². The van der Waals surface area contributed by atoms with E-state index in [1.807, 2.05) is 76.2 Å².